The van der Waals surface area contributed by atoms with Gasteiger partial charge in [0.05, 0.1) is 12.3 Å². The van der Waals surface area contributed by atoms with Crippen LogP contribution >= 0.6 is 0 Å². The molecule has 1 unspecified atom stereocenters. The molecule has 94 valence electrons. The second-order valence-corrected chi connectivity index (χ2v) is 4.11. The van der Waals surface area contributed by atoms with E-state index in [0.29, 0.717) is 12.1 Å². The van der Waals surface area contributed by atoms with E-state index < -0.39 is 0 Å². The Hall–Kier alpha value is -1.43. The van der Waals surface area contributed by atoms with Crippen LogP contribution in [0.1, 0.15) is 26.2 Å². The number of rotatable bonds is 6. The van der Waals surface area contributed by atoms with E-state index >= 15 is 0 Å². The minimum absolute atomic E-state index is 0.303. The maximum atomic E-state index is 5.53. The summed E-state index contributed by atoms with van der Waals surface area (Å²) in [7, 11) is 0. The van der Waals surface area contributed by atoms with E-state index in [-0.39, 0.29) is 0 Å². The average Bonchev–Trinajstić information content (AvgIpc) is 2.87. The van der Waals surface area contributed by atoms with Crippen molar-refractivity contribution in [3.05, 3.63) is 6.20 Å². The lowest BCUT2D eigenvalue weighted by Gasteiger charge is -2.11. The number of hydrogen-bond donors (Lipinski definition) is 2. The van der Waals surface area contributed by atoms with E-state index in [1.165, 1.54) is 0 Å². The van der Waals surface area contributed by atoms with E-state index in [9.17, 15) is 0 Å². The van der Waals surface area contributed by atoms with Crippen molar-refractivity contribution < 1.29 is 4.74 Å². The fraction of sp³-hybridized carbons (Fsp3) is 0.727. The van der Waals surface area contributed by atoms with Crippen LogP contribution in [0.4, 0.5) is 11.8 Å². The predicted molar refractivity (Wildman–Crippen MR) is 66.1 cm³/mol. The third-order valence-corrected chi connectivity index (χ3v) is 2.63. The quantitative estimate of drug-likeness (QED) is 0.776. The van der Waals surface area contributed by atoms with Crippen LogP contribution in [0, 0.1) is 0 Å². The van der Waals surface area contributed by atoms with E-state index in [0.717, 1.165) is 44.8 Å². The maximum absolute atomic E-state index is 5.53. The Kier molecular flexibility index (Phi) is 4.49. The lowest BCUT2D eigenvalue weighted by Crippen LogP contribution is -2.19. The Morgan fingerprint density at radius 2 is 2.41 bits per heavy atom. The molecule has 0 aliphatic carbocycles. The number of hydrogen-bond acceptors (Lipinski definition) is 6. The fourth-order valence-corrected chi connectivity index (χ4v) is 1.72. The Balaban J connectivity index is 1.82. The molecule has 0 spiro atoms. The first-order valence-corrected chi connectivity index (χ1v) is 6.17. The SMILES string of the molecule is CCCNc1nncc(NCC2CCCO2)n1. The molecule has 2 rings (SSSR count). The molecular formula is C11H19N5O. The standard InChI is InChI=1S/C11H19N5O/c1-2-5-12-11-15-10(8-14-16-11)13-7-9-4-3-6-17-9/h8-9H,2-7H2,1H3,(H2,12,13,15,16). The smallest absolute Gasteiger partial charge is 0.244 e. The zero-order chi connectivity index (χ0) is 11.9. The molecular weight excluding hydrogens is 218 g/mol. The van der Waals surface area contributed by atoms with E-state index in [1.54, 1.807) is 6.20 Å². The molecule has 1 aliphatic heterocycles. The lowest BCUT2D eigenvalue weighted by atomic mass is 10.2. The van der Waals surface area contributed by atoms with Crippen LogP contribution in [0.15, 0.2) is 6.20 Å². The van der Waals surface area contributed by atoms with Gasteiger partial charge in [-0.05, 0) is 19.3 Å². The molecule has 0 bridgehead atoms. The van der Waals surface area contributed by atoms with E-state index in [4.69, 9.17) is 4.74 Å². The van der Waals surface area contributed by atoms with Gasteiger partial charge in [0.1, 0.15) is 0 Å². The van der Waals surface area contributed by atoms with Crippen LogP contribution in [0.25, 0.3) is 0 Å². The summed E-state index contributed by atoms with van der Waals surface area (Å²) in [4.78, 5) is 4.32. The molecule has 1 aromatic heterocycles. The van der Waals surface area contributed by atoms with Crippen molar-refractivity contribution in [1.29, 1.82) is 0 Å². The van der Waals surface area contributed by atoms with Crippen molar-refractivity contribution in [3.63, 3.8) is 0 Å². The zero-order valence-corrected chi connectivity index (χ0v) is 10.1. The van der Waals surface area contributed by atoms with Gasteiger partial charge < -0.3 is 15.4 Å². The van der Waals surface area contributed by atoms with E-state index in [1.807, 2.05) is 0 Å². The Bertz CT molecular complexity index is 340. The van der Waals surface area contributed by atoms with Gasteiger partial charge in [0.2, 0.25) is 5.95 Å². The normalized spacial score (nSPS) is 19.2. The topological polar surface area (TPSA) is 72.0 Å². The number of nitrogens with zero attached hydrogens (tertiary/aromatic N) is 3. The summed E-state index contributed by atoms with van der Waals surface area (Å²) in [6, 6.07) is 0. The minimum atomic E-state index is 0.303. The molecule has 1 aliphatic rings. The molecule has 1 aromatic rings. The summed E-state index contributed by atoms with van der Waals surface area (Å²) in [6.45, 7) is 4.61. The number of nitrogens with one attached hydrogen (secondary N) is 2. The van der Waals surface area contributed by atoms with Crippen LogP contribution in [0.5, 0.6) is 0 Å². The summed E-state index contributed by atoms with van der Waals surface area (Å²) in [5.74, 6) is 1.32. The summed E-state index contributed by atoms with van der Waals surface area (Å²) < 4.78 is 5.53. The third-order valence-electron chi connectivity index (χ3n) is 2.63. The van der Waals surface area contributed by atoms with Gasteiger partial charge in [-0.3, -0.25) is 0 Å². The van der Waals surface area contributed by atoms with Gasteiger partial charge in [-0.25, -0.2) is 0 Å². The van der Waals surface area contributed by atoms with Crippen molar-refractivity contribution >= 4 is 11.8 Å². The lowest BCUT2D eigenvalue weighted by molar-refractivity contribution is 0.120. The summed E-state index contributed by atoms with van der Waals surface area (Å²) in [5.41, 5.74) is 0. The Labute approximate surface area is 101 Å². The van der Waals surface area contributed by atoms with Crippen LogP contribution in [0.2, 0.25) is 0 Å². The molecule has 6 nitrogen and oxygen atoms in total. The monoisotopic (exact) mass is 237 g/mol. The van der Waals surface area contributed by atoms with Crippen molar-refractivity contribution in [1.82, 2.24) is 15.2 Å². The second-order valence-electron chi connectivity index (χ2n) is 4.11. The summed E-state index contributed by atoms with van der Waals surface area (Å²) in [5, 5.41) is 14.1. The van der Waals surface area contributed by atoms with Gasteiger partial charge >= 0.3 is 0 Å². The third kappa shape index (κ3) is 3.81. The molecule has 1 atom stereocenters. The van der Waals surface area contributed by atoms with E-state index in [2.05, 4.69) is 32.7 Å². The first-order valence-electron chi connectivity index (χ1n) is 6.17. The molecule has 17 heavy (non-hydrogen) atoms. The molecule has 0 amide bonds. The van der Waals surface area contributed by atoms with Gasteiger partial charge in [-0.15, -0.1) is 5.10 Å². The molecule has 0 aromatic carbocycles. The van der Waals surface area contributed by atoms with Crippen LogP contribution < -0.4 is 10.6 Å². The Morgan fingerprint density at radius 1 is 1.47 bits per heavy atom. The molecule has 6 heteroatoms. The number of ether oxygens (including phenoxy) is 1. The second kappa shape index (κ2) is 6.34. The van der Waals surface area contributed by atoms with Crippen molar-refractivity contribution in [2.75, 3.05) is 30.3 Å². The van der Waals surface area contributed by atoms with Gasteiger partial charge in [0.15, 0.2) is 5.82 Å². The van der Waals surface area contributed by atoms with Gasteiger partial charge in [0, 0.05) is 19.7 Å². The highest BCUT2D eigenvalue weighted by atomic mass is 16.5. The fourth-order valence-electron chi connectivity index (χ4n) is 1.72. The van der Waals surface area contributed by atoms with Crippen LogP contribution in [-0.2, 0) is 4.74 Å². The summed E-state index contributed by atoms with van der Waals surface area (Å²) >= 11 is 0. The molecule has 1 saturated heterocycles. The maximum Gasteiger partial charge on any atom is 0.244 e. The van der Waals surface area contributed by atoms with Crippen LogP contribution in [0.3, 0.4) is 0 Å². The van der Waals surface area contributed by atoms with Gasteiger partial charge in [0.25, 0.3) is 0 Å². The molecule has 0 saturated carbocycles. The van der Waals surface area contributed by atoms with Crippen molar-refractivity contribution in [3.8, 4) is 0 Å². The van der Waals surface area contributed by atoms with Gasteiger partial charge in [-0.2, -0.15) is 10.1 Å². The highest BCUT2D eigenvalue weighted by Gasteiger charge is 2.15. The average molecular weight is 237 g/mol. The first-order chi connectivity index (χ1) is 8.38. The number of aromatic nitrogens is 3. The highest BCUT2D eigenvalue weighted by Crippen LogP contribution is 2.12. The first kappa shape index (κ1) is 12.0. The van der Waals surface area contributed by atoms with Crippen LogP contribution in [-0.4, -0.2) is 41.0 Å². The number of anilines is 2. The molecule has 2 N–H and O–H groups in total. The minimum Gasteiger partial charge on any atom is -0.376 e. The highest BCUT2D eigenvalue weighted by molar-refractivity contribution is 5.36. The predicted octanol–water partition coefficient (Wildman–Crippen LogP) is 1.28. The molecule has 1 fully saturated rings. The van der Waals surface area contributed by atoms with Crippen molar-refractivity contribution in [2.24, 2.45) is 0 Å². The van der Waals surface area contributed by atoms with Crippen molar-refractivity contribution in [2.45, 2.75) is 32.3 Å². The molecule has 0 radical (unpaired) electrons. The van der Waals surface area contributed by atoms with Gasteiger partial charge in [-0.1, -0.05) is 6.92 Å². The zero-order valence-electron chi connectivity index (χ0n) is 10.1. The Morgan fingerprint density at radius 3 is 3.18 bits per heavy atom. The molecule has 2 heterocycles. The summed E-state index contributed by atoms with van der Waals surface area (Å²) in [6.07, 6.45) is 5.24. The largest absolute Gasteiger partial charge is 0.376 e.